The third-order valence-electron chi connectivity index (χ3n) is 4.83. The highest BCUT2D eigenvalue weighted by molar-refractivity contribution is 5.13. The highest BCUT2D eigenvalue weighted by atomic mass is 16.6. The summed E-state index contributed by atoms with van der Waals surface area (Å²) in [5.41, 5.74) is 2.64. The molecule has 0 radical (unpaired) electrons. The van der Waals surface area contributed by atoms with Crippen LogP contribution in [-0.4, -0.2) is 34.2 Å². The minimum absolute atomic E-state index is 0.294. The molecule has 2 bridgehead atoms. The summed E-state index contributed by atoms with van der Waals surface area (Å²) in [6, 6.07) is 7.81. The van der Waals surface area contributed by atoms with Gasteiger partial charge in [0.2, 0.25) is 0 Å². The van der Waals surface area contributed by atoms with Gasteiger partial charge < -0.3 is 4.74 Å². The van der Waals surface area contributed by atoms with Gasteiger partial charge in [-0.05, 0) is 44.7 Å². The first-order valence-electron chi connectivity index (χ1n) is 7.06. The van der Waals surface area contributed by atoms with Gasteiger partial charge in [0.15, 0.2) is 0 Å². The molecule has 1 aromatic heterocycles. The molecule has 1 spiro atoms. The molecular formula is C15H20N2O. The molecule has 3 fully saturated rings. The van der Waals surface area contributed by atoms with Crippen molar-refractivity contribution >= 4 is 0 Å². The molecule has 0 N–H and O–H groups in total. The zero-order valence-corrected chi connectivity index (χ0v) is 10.9. The maximum atomic E-state index is 5.69. The van der Waals surface area contributed by atoms with Crippen LogP contribution in [-0.2, 0) is 11.3 Å². The van der Waals surface area contributed by atoms with Crippen molar-refractivity contribution in [2.45, 2.75) is 56.8 Å². The molecule has 0 saturated carbocycles. The van der Waals surface area contributed by atoms with Crippen molar-refractivity contribution in [1.82, 2.24) is 9.88 Å². The van der Waals surface area contributed by atoms with E-state index in [1.54, 1.807) is 0 Å². The predicted molar refractivity (Wildman–Crippen MR) is 69.2 cm³/mol. The highest BCUT2D eigenvalue weighted by Gasteiger charge is 2.55. The van der Waals surface area contributed by atoms with E-state index in [9.17, 15) is 0 Å². The average molecular weight is 244 g/mol. The number of nitrogens with zero attached hydrogens (tertiary/aromatic N) is 2. The Morgan fingerprint density at radius 2 is 2.06 bits per heavy atom. The lowest BCUT2D eigenvalue weighted by atomic mass is 9.91. The van der Waals surface area contributed by atoms with Crippen LogP contribution in [0.5, 0.6) is 0 Å². The molecule has 0 aromatic carbocycles. The van der Waals surface area contributed by atoms with Gasteiger partial charge in [0.1, 0.15) is 0 Å². The summed E-state index contributed by atoms with van der Waals surface area (Å²) in [6.07, 6.45) is 5.19. The molecule has 18 heavy (non-hydrogen) atoms. The van der Waals surface area contributed by atoms with Crippen LogP contribution in [0.4, 0.5) is 0 Å². The number of hydrogen-bond donors (Lipinski definition) is 0. The van der Waals surface area contributed by atoms with Crippen LogP contribution in [0.25, 0.3) is 0 Å². The Balaban J connectivity index is 1.52. The van der Waals surface area contributed by atoms with Gasteiger partial charge in [0.25, 0.3) is 0 Å². The van der Waals surface area contributed by atoms with Crippen molar-refractivity contribution in [2.75, 3.05) is 6.61 Å². The van der Waals surface area contributed by atoms with Crippen LogP contribution in [0.15, 0.2) is 18.2 Å². The van der Waals surface area contributed by atoms with E-state index in [1.807, 2.05) is 0 Å². The zero-order valence-electron chi connectivity index (χ0n) is 10.9. The molecule has 3 aliphatic heterocycles. The predicted octanol–water partition coefficient (Wildman–Crippen LogP) is 2.29. The van der Waals surface area contributed by atoms with Gasteiger partial charge in [-0.2, -0.15) is 0 Å². The molecule has 96 valence electrons. The first-order chi connectivity index (χ1) is 8.74. The van der Waals surface area contributed by atoms with Crippen molar-refractivity contribution in [3.63, 3.8) is 0 Å². The Hall–Kier alpha value is -0.930. The fraction of sp³-hybridized carbons (Fsp3) is 0.667. The van der Waals surface area contributed by atoms with Crippen LogP contribution in [0.3, 0.4) is 0 Å². The van der Waals surface area contributed by atoms with Crippen molar-refractivity contribution in [2.24, 2.45) is 0 Å². The lowest BCUT2D eigenvalue weighted by Gasteiger charge is -2.37. The molecule has 3 nitrogen and oxygen atoms in total. The molecule has 1 aromatic rings. The summed E-state index contributed by atoms with van der Waals surface area (Å²) in [6.45, 7) is 4.10. The van der Waals surface area contributed by atoms with E-state index in [4.69, 9.17) is 4.74 Å². The van der Waals surface area contributed by atoms with E-state index in [0.29, 0.717) is 5.60 Å². The minimum atomic E-state index is 0.294. The number of aromatic nitrogens is 1. The second-order valence-electron chi connectivity index (χ2n) is 6.21. The van der Waals surface area contributed by atoms with Gasteiger partial charge in [0.05, 0.1) is 17.9 Å². The second kappa shape index (κ2) is 3.78. The summed E-state index contributed by atoms with van der Waals surface area (Å²) in [5, 5.41) is 0. The number of aryl methyl sites for hydroxylation is 1. The third kappa shape index (κ3) is 1.77. The van der Waals surface area contributed by atoms with Crippen molar-refractivity contribution in [1.29, 1.82) is 0 Å². The van der Waals surface area contributed by atoms with Crippen LogP contribution in [0, 0.1) is 6.92 Å². The number of hydrogen-bond acceptors (Lipinski definition) is 3. The molecule has 0 aliphatic carbocycles. The topological polar surface area (TPSA) is 28.7 Å². The van der Waals surface area contributed by atoms with Gasteiger partial charge in [-0.3, -0.25) is 9.88 Å². The fourth-order valence-electron chi connectivity index (χ4n) is 3.87. The summed E-state index contributed by atoms with van der Waals surface area (Å²) in [5.74, 6) is 0. The molecule has 4 heterocycles. The van der Waals surface area contributed by atoms with Gasteiger partial charge in [0, 0.05) is 24.3 Å². The molecule has 0 amide bonds. The molecule has 3 saturated heterocycles. The van der Waals surface area contributed by atoms with Gasteiger partial charge >= 0.3 is 0 Å². The third-order valence-corrected chi connectivity index (χ3v) is 4.83. The maximum absolute atomic E-state index is 5.69. The highest BCUT2D eigenvalue weighted by Crippen LogP contribution is 2.49. The quantitative estimate of drug-likeness (QED) is 0.747. The Morgan fingerprint density at radius 1 is 1.33 bits per heavy atom. The van der Waals surface area contributed by atoms with E-state index < -0.39 is 0 Å². The summed E-state index contributed by atoms with van der Waals surface area (Å²) < 4.78 is 5.69. The van der Waals surface area contributed by atoms with Crippen molar-refractivity contribution in [3.8, 4) is 0 Å². The molecule has 3 heteroatoms. The summed E-state index contributed by atoms with van der Waals surface area (Å²) in [7, 11) is 0. The number of pyridine rings is 1. The van der Waals surface area contributed by atoms with Crippen LogP contribution in [0.2, 0.25) is 0 Å². The maximum Gasteiger partial charge on any atom is 0.0946 e. The van der Waals surface area contributed by atoms with E-state index in [0.717, 1.165) is 30.9 Å². The summed E-state index contributed by atoms with van der Waals surface area (Å²) >= 11 is 0. The number of ether oxygens (including phenoxy) is 1. The fourth-order valence-corrected chi connectivity index (χ4v) is 3.87. The molecule has 3 aliphatic rings. The minimum Gasteiger partial charge on any atom is -0.369 e. The molecule has 2 unspecified atom stereocenters. The van der Waals surface area contributed by atoms with E-state index >= 15 is 0 Å². The lowest BCUT2D eigenvalue weighted by Crippen LogP contribution is -2.45. The van der Waals surface area contributed by atoms with Gasteiger partial charge in [-0.15, -0.1) is 0 Å². The lowest BCUT2D eigenvalue weighted by molar-refractivity contribution is 0.0731. The van der Waals surface area contributed by atoms with E-state index in [-0.39, 0.29) is 0 Å². The number of epoxide rings is 1. The average Bonchev–Trinajstić information content (AvgIpc) is 3.05. The Morgan fingerprint density at radius 3 is 2.67 bits per heavy atom. The molecule has 4 rings (SSSR count). The SMILES string of the molecule is Cc1cccc(CN2C3CCC2CC2(CO2)C3)n1. The largest absolute Gasteiger partial charge is 0.369 e. The van der Waals surface area contributed by atoms with Crippen LogP contribution < -0.4 is 0 Å². The molecule has 2 atom stereocenters. The Kier molecular flexibility index (Phi) is 2.30. The van der Waals surface area contributed by atoms with E-state index in [1.165, 1.54) is 31.4 Å². The van der Waals surface area contributed by atoms with Crippen LogP contribution >= 0.6 is 0 Å². The Labute approximate surface area is 108 Å². The number of fused-ring (bicyclic) bond motifs is 2. The second-order valence-corrected chi connectivity index (χ2v) is 6.21. The standard InChI is InChI=1S/C15H20N2O/c1-11-3-2-4-12(16-11)9-17-13-5-6-14(17)8-15(7-13)10-18-15/h2-4,13-14H,5-10H2,1H3. The van der Waals surface area contributed by atoms with Crippen molar-refractivity contribution in [3.05, 3.63) is 29.6 Å². The number of piperidine rings is 1. The van der Waals surface area contributed by atoms with Crippen LogP contribution in [0.1, 0.15) is 37.1 Å². The smallest absolute Gasteiger partial charge is 0.0946 e. The monoisotopic (exact) mass is 244 g/mol. The summed E-state index contributed by atoms with van der Waals surface area (Å²) in [4.78, 5) is 7.32. The van der Waals surface area contributed by atoms with Gasteiger partial charge in [-0.25, -0.2) is 0 Å². The number of rotatable bonds is 2. The normalized spacial score (nSPS) is 38.3. The first-order valence-corrected chi connectivity index (χ1v) is 7.06. The van der Waals surface area contributed by atoms with Gasteiger partial charge in [-0.1, -0.05) is 6.07 Å². The molecular weight excluding hydrogens is 224 g/mol. The first kappa shape index (κ1) is 10.9. The Bertz CT molecular complexity index is 453. The van der Waals surface area contributed by atoms with Crippen molar-refractivity contribution < 1.29 is 4.74 Å². The van der Waals surface area contributed by atoms with E-state index in [2.05, 4.69) is 35.0 Å². The zero-order chi connectivity index (χ0) is 12.2.